The van der Waals surface area contributed by atoms with Gasteiger partial charge in [0.15, 0.2) is 0 Å². The van der Waals surface area contributed by atoms with Gasteiger partial charge in [0.2, 0.25) is 0 Å². The minimum absolute atomic E-state index is 0.0327. The van der Waals surface area contributed by atoms with Crippen LogP contribution in [0.5, 0.6) is 5.75 Å². The van der Waals surface area contributed by atoms with E-state index in [2.05, 4.69) is 6.92 Å². The molecule has 1 fully saturated rings. The van der Waals surface area contributed by atoms with Crippen LogP contribution < -0.4 is 5.73 Å². The summed E-state index contributed by atoms with van der Waals surface area (Å²) in [6.45, 7) is 5.25. The molecule has 1 aliphatic heterocycles. The fraction of sp³-hybridized carbons (Fsp3) is 0.500. The molecule has 0 aromatic heterocycles. The summed E-state index contributed by atoms with van der Waals surface area (Å²) in [6, 6.07) is 5.16. The molecule has 1 aliphatic rings. The Kier molecular flexibility index (Phi) is 3.57. The van der Waals surface area contributed by atoms with E-state index in [0.717, 1.165) is 12.0 Å². The van der Waals surface area contributed by atoms with Gasteiger partial charge in [-0.25, -0.2) is 0 Å². The van der Waals surface area contributed by atoms with Crippen LogP contribution in [0.3, 0.4) is 0 Å². The molecule has 4 nitrogen and oxygen atoms in total. The molecule has 1 saturated heterocycles. The van der Waals surface area contributed by atoms with Gasteiger partial charge in [-0.1, -0.05) is 13.0 Å². The average molecular weight is 248 g/mol. The van der Waals surface area contributed by atoms with Crippen LogP contribution in [0.2, 0.25) is 0 Å². The van der Waals surface area contributed by atoms with Crippen LogP contribution in [0.1, 0.15) is 29.3 Å². The maximum atomic E-state index is 12.3. The van der Waals surface area contributed by atoms with Crippen molar-refractivity contribution in [3.05, 3.63) is 29.3 Å². The number of carbonyl (C=O) groups excluding carboxylic acids is 1. The molecule has 4 heteroatoms. The number of nitrogens with zero attached hydrogens (tertiary/aromatic N) is 1. The SMILES string of the molecule is Cc1ccc(C(=O)N2CC(C)CC(N)C2)c(O)c1. The van der Waals surface area contributed by atoms with E-state index in [1.165, 1.54) is 0 Å². The summed E-state index contributed by atoms with van der Waals surface area (Å²) in [5.41, 5.74) is 7.24. The van der Waals surface area contributed by atoms with Gasteiger partial charge >= 0.3 is 0 Å². The van der Waals surface area contributed by atoms with E-state index < -0.39 is 0 Å². The zero-order chi connectivity index (χ0) is 13.3. The van der Waals surface area contributed by atoms with E-state index in [4.69, 9.17) is 5.73 Å². The summed E-state index contributed by atoms with van der Waals surface area (Å²) in [7, 11) is 0. The van der Waals surface area contributed by atoms with Crippen LogP contribution in [0.15, 0.2) is 18.2 Å². The van der Waals surface area contributed by atoms with Crippen LogP contribution in [0.25, 0.3) is 0 Å². The number of rotatable bonds is 1. The molecule has 18 heavy (non-hydrogen) atoms. The largest absolute Gasteiger partial charge is 0.507 e. The van der Waals surface area contributed by atoms with E-state index in [9.17, 15) is 9.90 Å². The van der Waals surface area contributed by atoms with Crippen LogP contribution >= 0.6 is 0 Å². The van der Waals surface area contributed by atoms with Crippen LogP contribution in [0, 0.1) is 12.8 Å². The first-order valence-corrected chi connectivity index (χ1v) is 6.32. The van der Waals surface area contributed by atoms with Crippen molar-refractivity contribution in [2.45, 2.75) is 26.3 Å². The third-order valence-electron chi connectivity index (χ3n) is 3.36. The van der Waals surface area contributed by atoms with E-state index >= 15 is 0 Å². The second kappa shape index (κ2) is 4.98. The van der Waals surface area contributed by atoms with Crippen molar-refractivity contribution in [2.24, 2.45) is 11.7 Å². The zero-order valence-electron chi connectivity index (χ0n) is 10.9. The van der Waals surface area contributed by atoms with Crippen molar-refractivity contribution in [1.29, 1.82) is 0 Å². The molecule has 3 N–H and O–H groups in total. The molecule has 1 aromatic rings. The Balaban J connectivity index is 2.20. The summed E-state index contributed by atoms with van der Waals surface area (Å²) < 4.78 is 0. The quantitative estimate of drug-likeness (QED) is 0.791. The van der Waals surface area contributed by atoms with Gasteiger partial charge in [-0.15, -0.1) is 0 Å². The number of likely N-dealkylation sites (tertiary alicyclic amines) is 1. The van der Waals surface area contributed by atoms with Gasteiger partial charge < -0.3 is 15.7 Å². The van der Waals surface area contributed by atoms with E-state index in [-0.39, 0.29) is 17.7 Å². The highest BCUT2D eigenvalue weighted by atomic mass is 16.3. The van der Waals surface area contributed by atoms with Crippen molar-refractivity contribution >= 4 is 5.91 Å². The molecule has 2 unspecified atom stereocenters. The second-order valence-corrected chi connectivity index (χ2v) is 5.33. The van der Waals surface area contributed by atoms with Crippen molar-refractivity contribution in [3.63, 3.8) is 0 Å². The van der Waals surface area contributed by atoms with Crippen LogP contribution in [-0.4, -0.2) is 35.0 Å². The zero-order valence-corrected chi connectivity index (χ0v) is 10.9. The summed E-state index contributed by atoms with van der Waals surface area (Å²) in [5.74, 6) is 0.326. The topological polar surface area (TPSA) is 66.6 Å². The van der Waals surface area contributed by atoms with Crippen LogP contribution in [0.4, 0.5) is 0 Å². The fourth-order valence-electron chi connectivity index (χ4n) is 2.56. The van der Waals surface area contributed by atoms with Gasteiger partial charge in [0.05, 0.1) is 5.56 Å². The highest BCUT2D eigenvalue weighted by Crippen LogP contribution is 2.23. The molecule has 0 bridgehead atoms. The number of amides is 1. The average Bonchev–Trinajstić information content (AvgIpc) is 2.26. The molecule has 1 heterocycles. The second-order valence-electron chi connectivity index (χ2n) is 5.33. The Hall–Kier alpha value is -1.55. The first-order valence-electron chi connectivity index (χ1n) is 6.32. The van der Waals surface area contributed by atoms with Gasteiger partial charge in [-0.2, -0.15) is 0 Å². The number of hydrogen-bond acceptors (Lipinski definition) is 3. The third kappa shape index (κ3) is 2.64. The number of carbonyl (C=O) groups is 1. The first kappa shape index (κ1) is 12.9. The molecule has 0 spiro atoms. The minimum atomic E-state index is -0.130. The molecule has 2 rings (SSSR count). The number of nitrogens with two attached hydrogens (primary N) is 1. The van der Waals surface area contributed by atoms with Crippen LogP contribution in [-0.2, 0) is 0 Å². The molecule has 0 radical (unpaired) electrons. The molecule has 2 atom stereocenters. The molecule has 1 amide bonds. The lowest BCUT2D eigenvalue weighted by atomic mass is 9.96. The number of piperidine rings is 1. The lowest BCUT2D eigenvalue weighted by molar-refractivity contribution is 0.0658. The van der Waals surface area contributed by atoms with Gasteiger partial charge in [0.1, 0.15) is 5.75 Å². The molecular weight excluding hydrogens is 228 g/mol. The maximum absolute atomic E-state index is 12.3. The van der Waals surface area contributed by atoms with E-state index in [1.54, 1.807) is 17.0 Å². The predicted molar refractivity (Wildman–Crippen MR) is 70.5 cm³/mol. The standard InChI is InChI=1S/C14H20N2O2/c1-9-3-4-12(13(17)6-9)14(18)16-7-10(2)5-11(15)8-16/h3-4,6,10-11,17H,5,7-8,15H2,1-2H3. The van der Waals surface area contributed by atoms with E-state index in [0.29, 0.717) is 24.6 Å². The normalized spacial score (nSPS) is 24.1. The number of phenols is 1. The smallest absolute Gasteiger partial charge is 0.257 e. The lowest BCUT2D eigenvalue weighted by Gasteiger charge is -2.35. The summed E-state index contributed by atoms with van der Waals surface area (Å²) in [5, 5.41) is 9.85. The Labute approximate surface area is 107 Å². The highest BCUT2D eigenvalue weighted by Gasteiger charge is 2.27. The summed E-state index contributed by atoms with van der Waals surface area (Å²) in [6.07, 6.45) is 0.948. The first-order chi connectivity index (χ1) is 8.47. The Bertz CT molecular complexity index is 449. The highest BCUT2D eigenvalue weighted by molar-refractivity contribution is 5.97. The third-order valence-corrected chi connectivity index (χ3v) is 3.36. The minimum Gasteiger partial charge on any atom is -0.507 e. The molecular formula is C14H20N2O2. The summed E-state index contributed by atoms with van der Waals surface area (Å²) in [4.78, 5) is 14.1. The fourth-order valence-corrected chi connectivity index (χ4v) is 2.56. The number of hydrogen-bond donors (Lipinski definition) is 2. The Morgan fingerprint density at radius 2 is 2.17 bits per heavy atom. The number of aromatic hydroxyl groups is 1. The Morgan fingerprint density at radius 1 is 1.44 bits per heavy atom. The lowest BCUT2D eigenvalue weighted by Crippen LogP contribution is -2.48. The van der Waals surface area contributed by atoms with Crippen molar-refractivity contribution < 1.29 is 9.90 Å². The molecule has 1 aromatic carbocycles. The number of benzene rings is 1. The maximum Gasteiger partial charge on any atom is 0.257 e. The van der Waals surface area contributed by atoms with Gasteiger partial charge in [0.25, 0.3) is 5.91 Å². The molecule has 0 saturated carbocycles. The van der Waals surface area contributed by atoms with Crippen molar-refractivity contribution in [3.8, 4) is 5.75 Å². The summed E-state index contributed by atoms with van der Waals surface area (Å²) >= 11 is 0. The van der Waals surface area contributed by atoms with E-state index in [1.807, 2.05) is 13.0 Å². The Morgan fingerprint density at radius 3 is 2.78 bits per heavy atom. The molecule has 0 aliphatic carbocycles. The predicted octanol–water partition coefficient (Wildman–Crippen LogP) is 1.51. The van der Waals surface area contributed by atoms with Crippen molar-refractivity contribution in [1.82, 2.24) is 4.90 Å². The number of phenolic OH excluding ortho intramolecular Hbond substituents is 1. The van der Waals surface area contributed by atoms with Gasteiger partial charge in [-0.05, 0) is 37.0 Å². The monoisotopic (exact) mass is 248 g/mol. The van der Waals surface area contributed by atoms with Gasteiger partial charge in [0, 0.05) is 19.1 Å². The van der Waals surface area contributed by atoms with Crippen molar-refractivity contribution in [2.75, 3.05) is 13.1 Å². The molecule has 98 valence electrons. The van der Waals surface area contributed by atoms with Gasteiger partial charge in [-0.3, -0.25) is 4.79 Å². The number of aryl methyl sites for hydroxylation is 1.